The molecule has 0 aliphatic carbocycles. The highest BCUT2D eigenvalue weighted by atomic mass is 15.0. The SMILES string of the molecule is c1ccc(-n2ccc3c2ccc2c4ccc5c(c6ccccc6n5-c5ccccc5)c4n(-c4cccc(-c5ccccn5)c4)c23)cc1. The van der Waals surface area contributed by atoms with Gasteiger partial charge in [-0.05, 0) is 72.8 Å². The highest BCUT2D eigenvalue weighted by Crippen LogP contribution is 2.44. The first-order chi connectivity index (χ1) is 23.3. The zero-order valence-electron chi connectivity index (χ0n) is 25.5. The third-order valence-corrected chi connectivity index (χ3v) is 9.51. The molecule has 0 radical (unpaired) electrons. The lowest BCUT2D eigenvalue weighted by Crippen LogP contribution is -1.97. The van der Waals surface area contributed by atoms with E-state index in [1.807, 2.05) is 18.3 Å². The van der Waals surface area contributed by atoms with E-state index in [-0.39, 0.29) is 0 Å². The Bertz CT molecular complexity index is 2770. The van der Waals surface area contributed by atoms with E-state index in [2.05, 4.69) is 165 Å². The van der Waals surface area contributed by atoms with Crippen LogP contribution in [0.4, 0.5) is 0 Å². The number of rotatable bonds is 4. The van der Waals surface area contributed by atoms with Crippen LogP contribution in [0.5, 0.6) is 0 Å². The maximum Gasteiger partial charge on any atom is 0.0702 e. The summed E-state index contributed by atoms with van der Waals surface area (Å²) in [5.41, 5.74) is 11.4. The molecule has 4 heterocycles. The lowest BCUT2D eigenvalue weighted by molar-refractivity contribution is 1.13. The van der Waals surface area contributed by atoms with Gasteiger partial charge in [0.1, 0.15) is 0 Å². The zero-order chi connectivity index (χ0) is 30.9. The summed E-state index contributed by atoms with van der Waals surface area (Å²) in [6, 6.07) is 56.5. The van der Waals surface area contributed by atoms with Gasteiger partial charge in [0.2, 0.25) is 0 Å². The van der Waals surface area contributed by atoms with E-state index >= 15 is 0 Å². The van der Waals surface area contributed by atoms with Crippen LogP contribution in [0.1, 0.15) is 0 Å². The van der Waals surface area contributed by atoms with Crippen molar-refractivity contribution in [2.45, 2.75) is 0 Å². The Hall–Kier alpha value is -6.39. The van der Waals surface area contributed by atoms with Gasteiger partial charge in [0.25, 0.3) is 0 Å². The van der Waals surface area contributed by atoms with Crippen molar-refractivity contribution >= 4 is 54.5 Å². The van der Waals surface area contributed by atoms with E-state index in [1.54, 1.807) is 0 Å². The summed E-state index contributed by atoms with van der Waals surface area (Å²) in [6.07, 6.45) is 4.06. The van der Waals surface area contributed by atoms with Gasteiger partial charge in [-0.3, -0.25) is 4.98 Å². The molecule has 10 rings (SSSR count). The second-order valence-electron chi connectivity index (χ2n) is 12.1. The Morgan fingerprint density at radius 3 is 1.91 bits per heavy atom. The molecule has 0 saturated carbocycles. The number of para-hydroxylation sites is 3. The minimum atomic E-state index is 0.960. The number of pyridine rings is 1. The molecule has 0 saturated heterocycles. The molecule has 6 aromatic carbocycles. The van der Waals surface area contributed by atoms with Crippen LogP contribution in [0.25, 0.3) is 82.8 Å². The van der Waals surface area contributed by atoms with Crippen LogP contribution in [-0.4, -0.2) is 18.7 Å². The minimum Gasteiger partial charge on any atom is -0.316 e. The molecule has 47 heavy (non-hydrogen) atoms. The maximum absolute atomic E-state index is 4.69. The number of fused-ring (bicyclic) bond motifs is 9. The fourth-order valence-electron chi connectivity index (χ4n) is 7.53. The van der Waals surface area contributed by atoms with E-state index in [9.17, 15) is 0 Å². The van der Waals surface area contributed by atoms with E-state index in [0.29, 0.717) is 0 Å². The Morgan fingerprint density at radius 1 is 0.404 bits per heavy atom. The first-order valence-corrected chi connectivity index (χ1v) is 16.0. The molecule has 0 aliphatic heterocycles. The van der Waals surface area contributed by atoms with Crippen LogP contribution in [-0.2, 0) is 0 Å². The summed E-state index contributed by atoms with van der Waals surface area (Å²) in [6.45, 7) is 0. The second kappa shape index (κ2) is 10.1. The molecule has 0 atom stereocenters. The molecular formula is C43H28N4. The third kappa shape index (κ3) is 3.79. The monoisotopic (exact) mass is 600 g/mol. The molecule has 220 valence electrons. The first-order valence-electron chi connectivity index (χ1n) is 16.0. The van der Waals surface area contributed by atoms with Crippen molar-refractivity contribution < 1.29 is 0 Å². The molecule has 0 spiro atoms. The predicted molar refractivity (Wildman–Crippen MR) is 195 cm³/mol. The Kier molecular flexibility index (Phi) is 5.54. The number of aromatic nitrogens is 4. The first kappa shape index (κ1) is 25.9. The Morgan fingerprint density at radius 2 is 1.11 bits per heavy atom. The minimum absolute atomic E-state index is 0.960. The normalized spacial score (nSPS) is 11.8. The van der Waals surface area contributed by atoms with E-state index in [1.165, 1.54) is 54.5 Å². The van der Waals surface area contributed by atoms with Crippen molar-refractivity contribution in [3.8, 4) is 28.3 Å². The van der Waals surface area contributed by atoms with E-state index < -0.39 is 0 Å². The summed E-state index contributed by atoms with van der Waals surface area (Å²) in [7, 11) is 0. The predicted octanol–water partition coefficient (Wildman–Crippen LogP) is 10.9. The van der Waals surface area contributed by atoms with Gasteiger partial charge in [-0.15, -0.1) is 0 Å². The topological polar surface area (TPSA) is 27.7 Å². The number of hydrogen-bond donors (Lipinski definition) is 0. The van der Waals surface area contributed by atoms with Crippen molar-refractivity contribution in [2.24, 2.45) is 0 Å². The highest BCUT2D eigenvalue weighted by molar-refractivity contribution is 6.28. The zero-order valence-corrected chi connectivity index (χ0v) is 25.5. The van der Waals surface area contributed by atoms with Crippen molar-refractivity contribution in [1.29, 1.82) is 0 Å². The van der Waals surface area contributed by atoms with Crippen LogP contribution in [0.2, 0.25) is 0 Å². The van der Waals surface area contributed by atoms with Crippen LogP contribution in [0.3, 0.4) is 0 Å². The lowest BCUT2D eigenvalue weighted by atomic mass is 10.1. The molecule has 0 N–H and O–H groups in total. The molecule has 4 nitrogen and oxygen atoms in total. The van der Waals surface area contributed by atoms with Crippen molar-refractivity contribution in [3.63, 3.8) is 0 Å². The van der Waals surface area contributed by atoms with E-state index in [0.717, 1.165) is 28.3 Å². The number of nitrogens with zero attached hydrogens (tertiary/aromatic N) is 4. The molecule has 4 heteroatoms. The number of benzene rings is 6. The van der Waals surface area contributed by atoms with E-state index in [4.69, 9.17) is 4.98 Å². The van der Waals surface area contributed by atoms with Crippen molar-refractivity contribution in [3.05, 3.63) is 170 Å². The fraction of sp³-hybridized carbons (Fsp3) is 0. The van der Waals surface area contributed by atoms with Crippen LogP contribution in [0.15, 0.2) is 170 Å². The molecule has 0 bridgehead atoms. The maximum atomic E-state index is 4.69. The average molecular weight is 601 g/mol. The summed E-state index contributed by atoms with van der Waals surface area (Å²) < 4.78 is 7.19. The van der Waals surface area contributed by atoms with Gasteiger partial charge in [-0.1, -0.05) is 84.9 Å². The molecule has 0 aliphatic rings. The fourth-order valence-corrected chi connectivity index (χ4v) is 7.53. The molecule has 4 aromatic heterocycles. The summed E-state index contributed by atoms with van der Waals surface area (Å²) in [5, 5.41) is 6.17. The third-order valence-electron chi connectivity index (χ3n) is 9.51. The van der Waals surface area contributed by atoms with Crippen LogP contribution >= 0.6 is 0 Å². The smallest absolute Gasteiger partial charge is 0.0702 e. The van der Waals surface area contributed by atoms with Gasteiger partial charge in [0, 0.05) is 62.0 Å². The molecule has 0 amide bonds. The van der Waals surface area contributed by atoms with Gasteiger partial charge in [0.05, 0.1) is 33.3 Å². The second-order valence-corrected chi connectivity index (χ2v) is 12.1. The Labute approximate surface area is 271 Å². The lowest BCUT2D eigenvalue weighted by Gasteiger charge is -2.12. The molecule has 0 fully saturated rings. The van der Waals surface area contributed by atoms with Gasteiger partial charge < -0.3 is 13.7 Å². The van der Waals surface area contributed by atoms with Gasteiger partial charge >= 0.3 is 0 Å². The van der Waals surface area contributed by atoms with Crippen molar-refractivity contribution in [1.82, 2.24) is 18.7 Å². The highest BCUT2D eigenvalue weighted by Gasteiger charge is 2.23. The Balaban J connectivity index is 1.40. The van der Waals surface area contributed by atoms with Gasteiger partial charge in [-0.2, -0.15) is 0 Å². The molecule has 10 aromatic rings. The van der Waals surface area contributed by atoms with Gasteiger partial charge in [0.15, 0.2) is 0 Å². The standard InChI is InChI=1S/C43H28N4/c1-3-13-30(14-4-1)45-27-25-36-38(45)23-21-33-34-22-24-40-41(35-18-7-8-20-39(35)46(40)31-15-5-2-6-16-31)43(34)47(42(33)36)32-17-11-12-29(28-32)37-19-9-10-26-44-37/h1-28H. The summed E-state index contributed by atoms with van der Waals surface area (Å²) >= 11 is 0. The quantitative estimate of drug-likeness (QED) is 0.197. The van der Waals surface area contributed by atoms with Gasteiger partial charge in [-0.25, -0.2) is 0 Å². The summed E-state index contributed by atoms with van der Waals surface area (Å²) in [5.74, 6) is 0. The van der Waals surface area contributed by atoms with Crippen molar-refractivity contribution in [2.75, 3.05) is 0 Å². The van der Waals surface area contributed by atoms with Crippen LogP contribution in [0, 0.1) is 0 Å². The largest absolute Gasteiger partial charge is 0.316 e. The molecular weight excluding hydrogens is 573 g/mol. The summed E-state index contributed by atoms with van der Waals surface area (Å²) in [4.78, 5) is 4.69. The number of hydrogen-bond acceptors (Lipinski definition) is 1. The van der Waals surface area contributed by atoms with Crippen LogP contribution < -0.4 is 0 Å². The average Bonchev–Trinajstić information content (AvgIpc) is 3.83. The molecule has 0 unspecified atom stereocenters.